The van der Waals surface area contributed by atoms with E-state index in [4.69, 9.17) is 33.3 Å². The Labute approximate surface area is 161 Å². The molecular weight excluding hydrogens is 382 g/mol. The average Bonchev–Trinajstić information content (AvgIpc) is 2.62. The van der Waals surface area contributed by atoms with Gasteiger partial charge in [-0.15, -0.1) is 0 Å². The Morgan fingerprint density at radius 2 is 1.77 bits per heavy atom. The van der Waals surface area contributed by atoms with Crippen molar-refractivity contribution in [2.45, 2.75) is 26.2 Å². The quantitative estimate of drug-likeness (QED) is 0.344. The number of hydrogen-bond acceptors (Lipinski definition) is 6. The van der Waals surface area contributed by atoms with Gasteiger partial charge in [-0.1, -0.05) is 18.5 Å². The van der Waals surface area contributed by atoms with Gasteiger partial charge in [-0.2, -0.15) is 0 Å². The van der Waals surface area contributed by atoms with Gasteiger partial charge in [0.2, 0.25) is 5.91 Å². The van der Waals surface area contributed by atoms with Gasteiger partial charge in [0.05, 0.1) is 13.0 Å². The molecule has 0 fully saturated rings. The maximum absolute atomic E-state index is 11.6. The van der Waals surface area contributed by atoms with Crippen LogP contribution in [0, 0.1) is 0 Å². The van der Waals surface area contributed by atoms with Gasteiger partial charge in [-0.3, -0.25) is 25.2 Å². The molecule has 0 aromatic heterocycles. The molecule has 0 atom stereocenters. The Morgan fingerprint density at radius 1 is 1.08 bits per heavy atom. The minimum Gasteiger partial charge on any atom is -0.484 e. The van der Waals surface area contributed by atoms with Crippen molar-refractivity contribution in [2.75, 3.05) is 13.2 Å². The second kappa shape index (κ2) is 12.0. The highest BCUT2D eigenvalue weighted by Crippen LogP contribution is 2.15. The second-order valence-electron chi connectivity index (χ2n) is 5.01. The molecule has 142 valence electrons. The lowest BCUT2D eigenvalue weighted by Gasteiger charge is -2.11. The van der Waals surface area contributed by atoms with Crippen LogP contribution in [-0.4, -0.2) is 36.1 Å². The summed E-state index contributed by atoms with van der Waals surface area (Å²) >= 11 is 10.6. The summed E-state index contributed by atoms with van der Waals surface area (Å²) in [6, 6.07) is 6.52. The van der Waals surface area contributed by atoms with Crippen molar-refractivity contribution < 1.29 is 23.9 Å². The Bertz CT molecular complexity index is 639. The summed E-state index contributed by atoms with van der Waals surface area (Å²) in [6.45, 7) is 1.94. The Balaban J connectivity index is 2.18. The molecule has 0 spiro atoms. The first-order valence-electron chi connectivity index (χ1n) is 7.83. The number of hydrogen-bond donors (Lipinski definition) is 3. The highest BCUT2D eigenvalue weighted by molar-refractivity contribution is 7.80. The first-order chi connectivity index (χ1) is 12.4. The first kappa shape index (κ1) is 21.7. The normalized spacial score (nSPS) is 9.77. The number of rotatable bonds is 8. The highest BCUT2D eigenvalue weighted by Gasteiger charge is 2.10. The van der Waals surface area contributed by atoms with Crippen LogP contribution in [0.1, 0.15) is 26.2 Å². The molecule has 2 amide bonds. The van der Waals surface area contributed by atoms with Crippen molar-refractivity contribution in [2.24, 2.45) is 0 Å². The van der Waals surface area contributed by atoms with Gasteiger partial charge in [-0.25, -0.2) is 0 Å². The van der Waals surface area contributed by atoms with Gasteiger partial charge in [-0.05, 0) is 42.9 Å². The van der Waals surface area contributed by atoms with Crippen molar-refractivity contribution in [3.63, 3.8) is 0 Å². The Kier molecular flexibility index (Phi) is 10.0. The maximum Gasteiger partial charge on any atom is 0.306 e. The SMILES string of the molecule is CCCOC(=O)CCC(=O)NC(=S)NNC(=O)COc1ccc(Cl)cc1. The smallest absolute Gasteiger partial charge is 0.306 e. The van der Waals surface area contributed by atoms with Crippen LogP contribution in [0.5, 0.6) is 5.75 Å². The molecule has 0 radical (unpaired) electrons. The molecule has 1 rings (SSSR count). The van der Waals surface area contributed by atoms with Crippen LogP contribution in [0.2, 0.25) is 5.02 Å². The molecule has 0 unspecified atom stereocenters. The van der Waals surface area contributed by atoms with E-state index >= 15 is 0 Å². The van der Waals surface area contributed by atoms with Crippen molar-refractivity contribution in [1.29, 1.82) is 0 Å². The molecule has 3 N–H and O–H groups in total. The predicted octanol–water partition coefficient (Wildman–Crippen LogP) is 1.47. The van der Waals surface area contributed by atoms with Gasteiger partial charge in [0.25, 0.3) is 5.91 Å². The lowest BCUT2D eigenvalue weighted by atomic mass is 10.3. The van der Waals surface area contributed by atoms with E-state index < -0.39 is 17.8 Å². The van der Waals surface area contributed by atoms with Gasteiger partial charge in [0.15, 0.2) is 11.7 Å². The third kappa shape index (κ3) is 9.80. The topological polar surface area (TPSA) is 106 Å². The van der Waals surface area contributed by atoms with Crippen LogP contribution in [-0.2, 0) is 19.1 Å². The molecule has 0 bridgehead atoms. The number of amides is 2. The van der Waals surface area contributed by atoms with Crippen LogP contribution in [0.4, 0.5) is 0 Å². The second-order valence-corrected chi connectivity index (χ2v) is 5.86. The van der Waals surface area contributed by atoms with Gasteiger partial charge >= 0.3 is 5.97 Å². The number of nitrogens with one attached hydrogen (secondary N) is 3. The fourth-order valence-corrected chi connectivity index (χ4v) is 1.86. The molecule has 0 aliphatic carbocycles. The van der Waals surface area contributed by atoms with Crippen molar-refractivity contribution in [1.82, 2.24) is 16.2 Å². The van der Waals surface area contributed by atoms with E-state index in [1.807, 2.05) is 6.92 Å². The summed E-state index contributed by atoms with van der Waals surface area (Å²) < 4.78 is 10.1. The van der Waals surface area contributed by atoms with Gasteiger partial charge in [0, 0.05) is 11.4 Å². The summed E-state index contributed by atoms with van der Waals surface area (Å²) in [5, 5.41) is 2.79. The monoisotopic (exact) mass is 401 g/mol. The van der Waals surface area contributed by atoms with Crippen LogP contribution in [0.25, 0.3) is 0 Å². The third-order valence-electron chi connectivity index (χ3n) is 2.78. The zero-order valence-corrected chi connectivity index (χ0v) is 15.7. The number of carbonyl (C=O) groups is 3. The first-order valence-corrected chi connectivity index (χ1v) is 8.62. The van der Waals surface area contributed by atoms with E-state index in [-0.39, 0.29) is 24.6 Å². The van der Waals surface area contributed by atoms with E-state index in [0.717, 1.165) is 0 Å². The van der Waals surface area contributed by atoms with E-state index in [9.17, 15) is 14.4 Å². The molecule has 8 nitrogen and oxygen atoms in total. The molecule has 0 aliphatic rings. The van der Waals surface area contributed by atoms with E-state index in [2.05, 4.69) is 16.2 Å². The fourth-order valence-electron chi connectivity index (χ4n) is 1.57. The number of esters is 1. The van der Waals surface area contributed by atoms with Crippen molar-refractivity contribution in [3.05, 3.63) is 29.3 Å². The molecular formula is C16H20ClN3O5S. The molecule has 1 aromatic rings. The minimum atomic E-state index is -0.500. The lowest BCUT2D eigenvalue weighted by molar-refractivity contribution is -0.144. The molecule has 0 saturated carbocycles. The number of carbonyl (C=O) groups excluding carboxylic acids is 3. The van der Waals surface area contributed by atoms with Crippen LogP contribution in [0.3, 0.4) is 0 Å². The molecule has 26 heavy (non-hydrogen) atoms. The lowest BCUT2D eigenvalue weighted by Crippen LogP contribution is -2.49. The van der Waals surface area contributed by atoms with E-state index in [1.165, 1.54) is 0 Å². The summed E-state index contributed by atoms with van der Waals surface area (Å²) in [5.74, 6) is -0.939. The zero-order chi connectivity index (χ0) is 19.4. The van der Waals surface area contributed by atoms with Gasteiger partial charge in [0.1, 0.15) is 5.75 Å². The number of ether oxygens (including phenoxy) is 2. The maximum atomic E-state index is 11.6. The van der Waals surface area contributed by atoms with Crippen molar-refractivity contribution >= 4 is 46.7 Å². The minimum absolute atomic E-state index is 0.0459. The molecule has 0 saturated heterocycles. The highest BCUT2D eigenvalue weighted by atomic mass is 35.5. The molecule has 0 heterocycles. The average molecular weight is 402 g/mol. The zero-order valence-electron chi connectivity index (χ0n) is 14.2. The van der Waals surface area contributed by atoms with Crippen LogP contribution in [0.15, 0.2) is 24.3 Å². The number of halogens is 1. The summed E-state index contributed by atoms with van der Waals surface area (Å²) in [6.07, 6.45) is 0.598. The fraction of sp³-hybridized carbons (Fsp3) is 0.375. The summed E-state index contributed by atoms with van der Waals surface area (Å²) in [5.41, 5.74) is 4.64. The number of hydrazine groups is 1. The van der Waals surface area contributed by atoms with Crippen LogP contribution >= 0.6 is 23.8 Å². The van der Waals surface area contributed by atoms with E-state index in [0.29, 0.717) is 23.8 Å². The standard InChI is InChI=1S/C16H20ClN3O5S/c1-2-9-24-15(23)8-7-13(21)18-16(26)20-19-14(22)10-25-12-5-3-11(17)4-6-12/h3-6H,2,7-10H2,1H3,(H,19,22)(H2,18,20,21,26). The Morgan fingerprint density at radius 3 is 2.42 bits per heavy atom. The molecule has 0 aliphatic heterocycles. The van der Waals surface area contributed by atoms with Gasteiger partial charge < -0.3 is 14.8 Å². The molecule has 10 heteroatoms. The summed E-state index contributed by atoms with van der Waals surface area (Å²) in [7, 11) is 0. The third-order valence-corrected chi connectivity index (χ3v) is 3.23. The molecule has 1 aromatic carbocycles. The number of benzene rings is 1. The largest absolute Gasteiger partial charge is 0.484 e. The van der Waals surface area contributed by atoms with E-state index in [1.54, 1.807) is 24.3 Å². The van der Waals surface area contributed by atoms with Crippen LogP contribution < -0.4 is 20.9 Å². The summed E-state index contributed by atoms with van der Waals surface area (Å²) in [4.78, 5) is 34.5. The predicted molar refractivity (Wildman–Crippen MR) is 99.5 cm³/mol. The number of thiocarbonyl (C=S) groups is 1. The van der Waals surface area contributed by atoms with Crippen molar-refractivity contribution in [3.8, 4) is 5.75 Å². The Hall–Kier alpha value is -2.39.